The van der Waals surface area contributed by atoms with Crippen molar-refractivity contribution in [3.05, 3.63) is 72.1 Å². The number of rotatable bonds is 6. The lowest BCUT2D eigenvalue weighted by atomic mass is 10.1. The van der Waals surface area contributed by atoms with Gasteiger partial charge in [0.1, 0.15) is 5.75 Å². The Kier molecular flexibility index (Phi) is 5.05. The second-order valence-electron chi connectivity index (χ2n) is 5.58. The molecule has 116 valence electrons. The molecule has 23 heavy (non-hydrogen) atoms. The normalized spacial score (nSPS) is 11.2. The molecule has 0 fully saturated rings. The van der Waals surface area contributed by atoms with Crippen LogP contribution in [0.4, 0.5) is 0 Å². The van der Waals surface area contributed by atoms with E-state index in [0.717, 1.165) is 30.8 Å². The van der Waals surface area contributed by atoms with Crippen LogP contribution in [-0.4, -0.2) is 11.6 Å². The van der Waals surface area contributed by atoms with Crippen molar-refractivity contribution in [1.29, 1.82) is 0 Å². The number of fused-ring (bicyclic) bond motifs is 1. The third-order valence-corrected chi connectivity index (χ3v) is 3.78. The van der Waals surface area contributed by atoms with E-state index < -0.39 is 0 Å². The molecule has 0 saturated carbocycles. The predicted molar refractivity (Wildman–Crippen MR) is 97.5 cm³/mol. The summed E-state index contributed by atoms with van der Waals surface area (Å²) in [4.78, 5) is 4.03. The Labute approximate surface area is 137 Å². The molecule has 0 atom stereocenters. The molecule has 0 unspecified atom stereocenters. The van der Waals surface area contributed by atoms with Crippen molar-refractivity contribution in [3.8, 4) is 5.75 Å². The lowest BCUT2D eigenvalue weighted by Crippen LogP contribution is -1.95. The summed E-state index contributed by atoms with van der Waals surface area (Å²) in [5, 5.41) is 2.43. The van der Waals surface area contributed by atoms with Gasteiger partial charge in [-0.05, 0) is 58.7 Å². The van der Waals surface area contributed by atoms with Gasteiger partial charge < -0.3 is 4.74 Å². The number of hydrogen-bond donors (Lipinski definition) is 0. The highest BCUT2D eigenvalue weighted by Gasteiger charge is 1.99. The molecule has 1 heterocycles. The van der Waals surface area contributed by atoms with Gasteiger partial charge >= 0.3 is 0 Å². The predicted octanol–water partition coefficient (Wildman–Crippen LogP) is 5.58. The molecule has 2 aromatic carbocycles. The molecule has 0 aliphatic rings. The van der Waals surface area contributed by atoms with Crippen LogP contribution < -0.4 is 4.74 Å². The average molecular weight is 303 g/mol. The highest BCUT2D eigenvalue weighted by atomic mass is 16.5. The molecule has 0 aliphatic carbocycles. The largest absolute Gasteiger partial charge is 0.494 e. The zero-order valence-corrected chi connectivity index (χ0v) is 13.4. The maximum atomic E-state index is 5.77. The van der Waals surface area contributed by atoms with E-state index in [0.29, 0.717) is 0 Å². The van der Waals surface area contributed by atoms with E-state index in [9.17, 15) is 0 Å². The van der Waals surface area contributed by atoms with Crippen LogP contribution in [0.1, 0.15) is 30.9 Å². The van der Waals surface area contributed by atoms with Crippen molar-refractivity contribution in [2.24, 2.45) is 0 Å². The van der Waals surface area contributed by atoms with Crippen LogP contribution in [0.25, 0.3) is 22.9 Å². The van der Waals surface area contributed by atoms with Gasteiger partial charge in [0, 0.05) is 12.4 Å². The van der Waals surface area contributed by atoms with Gasteiger partial charge in [-0.2, -0.15) is 0 Å². The number of hydrogen-bond acceptors (Lipinski definition) is 2. The third-order valence-electron chi connectivity index (χ3n) is 3.78. The van der Waals surface area contributed by atoms with Gasteiger partial charge in [-0.25, -0.2) is 0 Å². The van der Waals surface area contributed by atoms with E-state index in [-0.39, 0.29) is 0 Å². The summed E-state index contributed by atoms with van der Waals surface area (Å²) in [6.45, 7) is 2.96. The maximum Gasteiger partial charge on any atom is 0.119 e. The van der Waals surface area contributed by atoms with Crippen molar-refractivity contribution < 1.29 is 4.74 Å². The smallest absolute Gasteiger partial charge is 0.119 e. The fraction of sp³-hybridized carbons (Fsp3) is 0.190. The molecule has 1 aromatic heterocycles. The monoisotopic (exact) mass is 303 g/mol. The van der Waals surface area contributed by atoms with E-state index >= 15 is 0 Å². The molecule has 0 bridgehead atoms. The van der Waals surface area contributed by atoms with Gasteiger partial charge in [0.15, 0.2) is 0 Å². The Balaban J connectivity index is 1.77. The first-order valence-corrected chi connectivity index (χ1v) is 8.10. The molecule has 2 heteroatoms. The SMILES string of the molecule is CCCCOc1ccc2cc(/C=C/c3ccncc3)ccc2c1. The van der Waals surface area contributed by atoms with Gasteiger partial charge in [-0.15, -0.1) is 0 Å². The van der Waals surface area contributed by atoms with Gasteiger partial charge in [0.05, 0.1) is 6.61 Å². The minimum Gasteiger partial charge on any atom is -0.494 e. The molecule has 0 aliphatic heterocycles. The number of ether oxygens (including phenoxy) is 1. The Morgan fingerprint density at radius 1 is 0.870 bits per heavy atom. The highest BCUT2D eigenvalue weighted by molar-refractivity contribution is 5.87. The molecule has 0 amide bonds. The number of nitrogens with zero attached hydrogens (tertiary/aromatic N) is 1. The topological polar surface area (TPSA) is 22.1 Å². The zero-order valence-electron chi connectivity index (χ0n) is 13.4. The molecule has 0 N–H and O–H groups in total. The van der Waals surface area contributed by atoms with Crippen molar-refractivity contribution >= 4 is 22.9 Å². The Morgan fingerprint density at radius 3 is 2.43 bits per heavy atom. The van der Waals surface area contributed by atoms with Crippen LogP contribution >= 0.6 is 0 Å². The zero-order chi connectivity index (χ0) is 15.9. The van der Waals surface area contributed by atoms with Gasteiger partial charge in [-0.1, -0.05) is 43.7 Å². The lowest BCUT2D eigenvalue weighted by Gasteiger charge is -2.07. The molecule has 0 spiro atoms. The Morgan fingerprint density at radius 2 is 1.61 bits per heavy atom. The minimum atomic E-state index is 0.786. The van der Waals surface area contributed by atoms with E-state index in [2.05, 4.69) is 54.4 Å². The summed E-state index contributed by atoms with van der Waals surface area (Å²) in [6.07, 6.45) is 10.1. The first kappa shape index (κ1) is 15.3. The molecule has 3 rings (SSSR count). The van der Waals surface area contributed by atoms with Gasteiger partial charge in [0.25, 0.3) is 0 Å². The summed E-state index contributed by atoms with van der Waals surface area (Å²) >= 11 is 0. The second kappa shape index (κ2) is 7.59. The fourth-order valence-electron chi connectivity index (χ4n) is 2.44. The van der Waals surface area contributed by atoms with Crippen molar-refractivity contribution in [2.45, 2.75) is 19.8 Å². The minimum absolute atomic E-state index is 0.786. The van der Waals surface area contributed by atoms with Crippen molar-refractivity contribution in [1.82, 2.24) is 4.98 Å². The second-order valence-corrected chi connectivity index (χ2v) is 5.58. The van der Waals surface area contributed by atoms with Crippen LogP contribution in [0.2, 0.25) is 0 Å². The van der Waals surface area contributed by atoms with Crippen LogP contribution in [0, 0.1) is 0 Å². The summed E-state index contributed by atoms with van der Waals surface area (Å²) in [5.74, 6) is 0.950. The Bertz CT molecular complexity index is 793. The first-order valence-electron chi connectivity index (χ1n) is 8.10. The highest BCUT2D eigenvalue weighted by Crippen LogP contribution is 2.23. The van der Waals surface area contributed by atoms with E-state index in [1.54, 1.807) is 12.4 Å². The van der Waals surface area contributed by atoms with E-state index in [1.165, 1.54) is 16.3 Å². The maximum absolute atomic E-state index is 5.77. The van der Waals surface area contributed by atoms with E-state index in [1.807, 2.05) is 18.2 Å². The van der Waals surface area contributed by atoms with E-state index in [4.69, 9.17) is 4.74 Å². The van der Waals surface area contributed by atoms with Crippen LogP contribution in [0.3, 0.4) is 0 Å². The standard InChI is InChI=1S/C21H21NO/c1-2-3-14-23-21-9-8-19-15-18(6-7-20(19)16-21)5-4-17-10-12-22-13-11-17/h4-13,15-16H,2-3,14H2,1H3/b5-4+. The quantitative estimate of drug-likeness (QED) is 0.554. The molecule has 2 nitrogen and oxygen atoms in total. The number of unbranched alkanes of at least 4 members (excludes halogenated alkanes) is 1. The molecular formula is C21H21NO. The molecule has 3 aromatic rings. The third kappa shape index (κ3) is 4.19. The van der Waals surface area contributed by atoms with Gasteiger partial charge in [0.2, 0.25) is 0 Å². The summed E-state index contributed by atoms with van der Waals surface area (Å²) < 4.78 is 5.77. The van der Waals surface area contributed by atoms with Crippen molar-refractivity contribution in [2.75, 3.05) is 6.61 Å². The average Bonchev–Trinajstić information content (AvgIpc) is 2.61. The van der Waals surface area contributed by atoms with Crippen LogP contribution in [0.15, 0.2) is 60.9 Å². The summed E-state index contributed by atoms with van der Waals surface area (Å²) in [7, 11) is 0. The van der Waals surface area contributed by atoms with Crippen LogP contribution in [-0.2, 0) is 0 Å². The lowest BCUT2D eigenvalue weighted by molar-refractivity contribution is 0.310. The van der Waals surface area contributed by atoms with Crippen molar-refractivity contribution in [3.63, 3.8) is 0 Å². The molecular weight excluding hydrogens is 282 g/mol. The number of benzene rings is 2. The fourth-order valence-corrected chi connectivity index (χ4v) is 2.44. The first-order chi connectivity index (χ1) is 11.3. The molecule has 0 radical (unpaired) electrons. The number of pyridine rings is 1. The summed E-state index contributed by atoms with van der Waals surface area (Å²) in [5.41, 5.74) is 2.34. The summed E-state index contributed by atoms with van der Waals surface area (Å²) in [6, 6.07) is 16.8. The molecule has 0 saturated heterocycles. The number of aromatic nitrogens is 1. The Hall–Kier alpha value is -2.61. The van der Waals surface area contributed by atoms with Crippen LogP contribution in [0.5, 0.6) is 5.75 Å². The van der Waals surface area contributed by atoms with Gasteiger partial charge in [-0.3, -0.25) is 4.98 Å².